The molecule has 2 rings (SSSR count). The molecule has 0 radical (unpaired) electrons. The number of nitrogens with one attached hydrogen (secondary N) is 3. The van der Waals surface area contributed by atoms with Crippen LogP contribution in [0.15, 0.2) is 60.7 Å². The second kappa shape index (κ2) is 13.4. The number of carbonyl (C=O) groups excluding carboxylic acids is 3. The lowest BCUT2D eigenvalue weighted by molar-refractivity contribution is -0.147. The molecule has 0 saturated heterocycles. The maximum atomic E-state index is 13.3. The Morgan fingerprint density at radius 2 is 1.27 bits per heavy atom. The van der Waals surface area contributed by atoms with Crippen molar-refractivity contribution < 1.29 is 29.0 Å². The van der Waals surface area contributed by atoms with E-state index in [0.29, 0.717) is 5.56 Å². The largest absolute Gasteiger partial charge is 0.481 e. The van der Waals surface area contributed by atoms with Crippen molar-refractivity contribution >= 4 is 23.9 Å². The van der Waals surface area contributed by atoms with Crippen molar-refractivity contribution in [1.29, 1.82) is 0 Å². The molecular formula is C28H37N3O6. The standard InChI is InChI=1S/C28H37N3O6/c1-18(2)23(30-24(32)21(26(34)35)16-19-12-8-6-9-13-19)31-25(33)22(17-20-14-10-7-11-15-20)29-27(36)37-28(3,4)5/h6-15,18,21-23H,16-17H2,1-5H3,(H,29,36)(H,30,32)(H,31,33)(H,34,35)/t21?,22-,23-/m0/s1. The van der Waals surface area contributed by atoms with Gasteiger partial charge in [0.2, 0.25) is 11.8 Å². The maximum Gasteiger partial charge on any atom is 0.408 e. The first kappa shape index (κ1) is 29.4. The van der Waals surface area contributed by atoms with E-state index in [1.807, 2.05) is 30.3 Å². The Morgan fingerprint density at radius 3 is 1.73 bits per heavy atom. The second-order valence-electron chi connectivity index (χ2n) is 10.2. The average Bonchev–Trinajstić information content (AvgIpc) is 2.81. The van der Waals surface area contributed by atoms with Crippen LogP contribution in [-0.2, 0) is 32.0 Å². The molecule has 9 heteroatoms. The van der Waals surface area contributed by atoms with Crippen molar-refractivity contribution in [3.63, 3.8) is 0 Å². The summed E-state index contributed by atoms with van der Waals surface area (Å²) in [5, 5.41) is 17.7. The molecule has 37 heavy (non-hydrogen) atoms. The van der Waals surface area contributed by atoms with Crippen LogP contribution < -0.4 is 16.0 Å². The minimum absolute atomic E-state index is 0.0115. The number of carboxylic acid groups (broad SMARTS) is 1. The van der Waals surface area contributed by atoms with Gasteiger partial charge >= 0.3 is 12.1 Å². The number of amides is 3. The highest BCUT2D eigenvalue weighted by atomic mass is 16.6. The lowest BCUT2D eigenvalue weighted by Gasteiger charge is -2.28. The molecule has 0 saturated carbocycles. The Morgan fingerprint density at radius 1 is 0.784 bits per heavy atom. The highest BCUT2D eigenvalue weighted by Crippen LogP contribution is 2.12. The summed E-state index contributed by atoms with van der Waals surface area (Å²) in [4.78, 5) is 50.5. The van der Waals surface area contributed by atoms with Crippen LogP contribution in [0, 0.1) is 11.8 Å². The molecule has 9 nitrogen and oxygen atoms in total. The lowest BCUT2D eigenvalue weighted by Crippen LogP contribution is -2.58. The van der Waals surface area contributed by atoms with Gasteiger partial charge in [0.1, 0.15) is 23.7 Å². The fourth-order valence-corrected chi connectivity index (χ4v) is 3.53. The monoisotopic (exact) mass is 511 g/mol. The fraction of sp³-hybridized carbons (Fsp3) is 0.429. The normalized spacial score (nSPS) is 13.7. The zero-order valence-corrected chi connectivity index (χ0v) is 22.0. The van der Waals surface area contributed by atoms with E-state index in [9.17, 15) is 24.3 Å². The SMILES string of the molecule is CC(C)[C@@H](NC(=O)C(Cc1ccccc1)C(=O)O)NC(=O)[C@H](Cc1ccccc1)NC(=O)OC(C)(C)C. The van der Waals surface area contributed by atoms with Crippen molar-refractivity contribution in [3.05, 3.63) is 71.8 Å². The van der Waals surface area contributed by atoms with Gasteiger partial charge in [0.05, 0.1) is 0 Å². The first-order chi connectivity index (χ1) is 17.4. The first-order valence-electron chi connectivity index (χ1n) is 12.3. The number of rotatable bonds is 11. The molecule has 2 aromatic rings. The van der Waals surface area contributed by atoms with Gasteiger partial charge in [-0.25, -0.2) is 4.79 Å². The van der Waals surface area contributed by atoms with Gasteiger partial charge in [-0.2, -0.15) is 0 Å². The molecule has 1 unspecified atom stereocenters. The van der Waals surface area contributed by atoms with E-state index < -0.39 is 47.6 Å². The van der Waals surface area contributed by atoms with Gasteiger partial charge in [-0.15, -0.1) is 0 Å². The number of aliphatic carboxylic acids is 1. The van der Waals surface area contributed by atoms with E-state index in [1.165, 1.54) is 0 Å². The number of carboxylic acids is 1. The quantitative estimate of drug-likeness (QED) is 0.270. The Labute approximate surface area is 218 Å². The molecule has 3 amide bonds. The lowest BCUT2D eigenvalue weighted by atomic mass is 9.98. The minimum atomic E-state index is -1.33. The van der Waals surface area contributed by atoms with Crippen molar-refractivity contribution in [2.24, 2.45) is 11.8 Å². The van der Waals surface area contributed by atoms with Crippen LogP contribution in [-0.4, -0.2) is 46.8 Å². The molecular weight excluding hydrogens is 474 g/mol. The molecule has 0 heterocycles. The molecule has 0 fully saturated rings. The molecule has 0 spiro atoms. The number of hydrogen-bond donors (Lipinski definition) is 4. The molecule has 2 aromatic carbocycles. The van der Waals surface area contributed by atoms with Gasteiger partial charge in [0, 0.05) is 6.42 Å². The Kier molecular flexibility index (Phi) is 10.7. The Balaban J connectivity index is 2.17. The average molecular weight is 512 g/mol. The summed E-state index contributed by atoms with van der Waals surface area (Å²) in [6, 6.07) is 17.0. The molecule has 4 N–H and O–H groups in total. The molecule has 0 aromatic heterocycles. The zero-order valence-electron chi connectivity index (χ0n) is 22.0. The zero-order chi connectivity index (χ0) is 27.6. The van der Waals surface area contributed by atoms with Gasteiger partial charge in [0.15, 0.2) is 0 Å². The van der Waals surface area contributed by atoms with Gasteiger partial charge in [-0.1, -0.05) is 74.5 Å². The van der Waals surface area contributed by atoms with Crippen LogP contribution in [0.3, 0.4) is 0 Å². The molecule has 0 aliphatic rings. The summed E-state index contributed by atoms with van der Waals surface area (Å²) < 4.78 is 5.32. The van der Waals surface area contributed by atoms with Crippen molar-refractivity contribution in [3.8, 4) is 0 Å². The van der Waals surface area contributed by atoms with Crippen molar-refractivity contribution in [1.82, 2.24) is 16.0 Å². The Bertz CT molecular complexity index is 1050. The summed E-state index contributed by atoms with van der Waals surface area (Å²) in [6.07, 6.45) is -1.41. The summed E-state index contributed by atoms with van der Waals surface area (Å²) in [5.41, 5.74) is 0.772. The van der Waals surface area contributed by atoms with E-state index in [2.05, 4.69) is 16.0 Å². The van der Waals surface area contributed by atoms with Crippen LogP contribution in [0.25, 0.3) is 0 Å². The number of carbonyl (C=O) groups is 4. The van der Waals surface area contributed by atoms with Crippen LogP contribution in [0.1, 0.15) is 45.7 Å². The van der Waals surface area contributed by atoms with E-state index in [4.69, 9.17) is 4.74 Å². The summed E-state index contributed by atoms with van der Waals surface area (Å²) >= 11 is 0. The van der Waals surface area contributed by atoms with Gasteiger partial charge in [0.25, 0.3) is 0 Å². The van der Waals surface area contributed by atoms with Gasteiger partial charge < -0.3 is 25.8 Å². The Hall–Kier alpha value is -3.88. The van der Waals surface area contributed by atoms with E-state index in [0.717, 1.165) is 5.56 Å². The molecule has 200 valence electrons. The van der Waals surface area contributed by atoms with Crippen molar-refractivity contribution in [2.45, 2.75) is 65.3 Å². The van der Waals surface area contributed by atoms with Crippen LogP contribution >= 0.6 is 0 Å². The van der Waals surface area contributed by atoms with E-state index in [1.54, 1.807) is 65.0 Å². The fourth-order valence-electron chi connectivity index (χ4n) is 3.53. The maximum absolute atomic E-state index is 13.3. The van der Waals surface area contributed by atoms with Gasteiger partial charge in [-0.3, -0.25) is 14.4 Å². The number of ether oxygens (including phenoxy) is 1. The molecule has 0 aliphatic heterocycles. The topological polar surface area (TPSA) is 134 Å². The third-order valence-corrected chi connectivity index (χ3v) is 5.45. The predicted octanol–water partition coefficient (Wildman–Crippen LogP) is 3.28. The third-order valence-electron chi connectivity index (χ3n) is 5.45. The highest BCUT2D eigenvalue weighted by Gasteiger charge is 2.32. The summed E-state index contributed by atoms with van der Waals surface area (Å²) in [6.45, 7) is 8.73. The molecule has 3 atom stereocenters. The van der Waals surface area contributed by atoms with Gasteiger partial charge in [-0.05, 0) is 44.2 Å². The van der Waals surface area contributed by atoms with E-state index in [-0.39, 0.29) is 18.8 Å². The summed E-state index contributed by atoms with van der Waals surface area (Å²) in [7, 11) is 0. The molecule has 0 aliphatic carbocycles. The second-order valence-corrected chi connectivity index (χ2v) is 10.2. The van der Waals surface area contributed by atoms with Crippen LogP contribution in [0.4, 0.5) is 4.79 Å². The first-order valence-corrected chi connectivity index (χ1v) is 12.3. The number of hydrogen-bond acceptors (Lipinski definition) is 5. The summed E-state index contributed by atoms with van der Waals surface area (Å²) in [5.74, 6) is -4.11. The predicted molar refractivity (Wildman–Crippen MR) is 139 cm³/mol. The van der Waals surface area contributed by atoms with Crippen LogP contribution in [0.2, 0.25) is 0 Å². The molecule has 0 bridgehead atoms. The highest BCUT2D eigenvalue weighted by molar-refractivity contribution is 5.97. The van der Waals surface area contributed by atoms with Crippen LogP contribution in [0.5, 0.6) is 0 Å². The minimum Gasteiger partial charge on any atom is -0.481 e. The smallest absolute Gasteiger partial charge is 0.408 e. The third kappa shape index (κ3) is 10.3. The van der Waals surface area contributed by atoms with Crippen molar-refractivity contribution in [2.75, 3.05) is 0 Å². The number of benzene rings is 2. The number of alkyl carbamates (subject to hydrolysis) is 1. The van der Waals surface area contributed by atoms with E-state index >= 15 is 0 Å².